The lowest BCUT2D eigenvalue weighted by Gasteiger charge is -2.09. The Hall–Kier alpha value is -1.19. The van der Waals surface area contributed by atoms with E-state index in [0.29, 0.717) is 99.1 Å². The Morgan fingerprint density at radius 3 is 1.19 bits per heavy atom. The second kappa shape index (κ2) is 42.9. The Bertz CT molecular complexity index is 904. The first-order chi connectivity index (χ1) is 26.4. The topological polar surface area (TPSA) is 161 Å². The predicted molar refractivity (Wildman–Crippen MR) is 212 cm³/mol. The molecule has 0 amide bonds. The van der Waals surface area contributed by atoms with Crippen molar-refractivity contribution in [2.75, 3.05) is 112 Å². The summed E-state index contributed by atoms with van der Waals surface area (Å²) in [7, 11) is -4.23. The van der Waals surface area contributed by atoms with Gasteiger partial charge >= 0.3 is 7.82 Å². The normalized spacial score (nSPS) is 11.5. The van der Waals surface area contributed by atoms with Crippen LogP contribution >= 0.6 is 7.82 Å². The SMILES string of the molecule is CCCCCCCCCOP(=O)(O)O.CCCCCCCCCc1ccc(OCCOCCOCCOCCOCCOCCOCCOCCO)cc1. The van der Waals surface area contributed by atoms with Crippen molar-refractivity contribution >= 4 is 7.82 Å². The number of benzene rings is 1. The molecular weight excluding hydrogens is 719 g/mol. The third-order valence-electron chi connectivity index (χ3n) is 7.96. The number of phosphoric ester groups is 1. The van der Waals surface area contributed by atoms with Crippen LogP contribution in [0.4, 0.5) is 0 Å². The zero-order chi connectivity index (χ0) is 39.5. The molecule has 1 rings (SSSR count). The number of hydrogen-bond donors (Lipinski definition) is 3. The Labute approximate surface area is 327 Å². The first-order valence-electron chi connectivity index (χ1n) is 20.5. The summed E-state index contributed by atoms with van der Waals surface area (Å²) in [6, 6.07) is 8.45. The van der Waals surface area contributed by atoms with Gasteiger partial charge in [0.05, 0.1) is 106 Å². The van der Waals surface area contributed by atoms with Gasteiger partial charge in [-0.2, -0.15) is 0 Å². The van der Waals surface area contributed by atoms with E-state index in [1.807, 2.05) is 0 Å². The highest BCUT2D eigenvalue weighted by Crippen LogP contribution is 2.35. The van der Waals surface area contributed by atoms with E-state index in [1.54, 1.807) is 0 Å². The van der Waals surface area contributed by atoms with Gasteiger partial charge in [-0.15, -0.1) is 0 Å². The molecule has 14 heteroatoms. The number of rotatable bonds is 41. The lowest BCUT2D eigenvalue weighted by atomic mass is 10.0. The number of unbranched alkanes of at least 4 members (excludes halogenated alkanes) is 12. The molecular formula is C40H77O13P. The molecule has 0 bridgehead atoms. The molecule has 320 valence electrons. The average Bonchev–Trinajstić information content (AvgIpc) is 3.16. The molecule has 0 heterocycles. The van der Waals surface area contributed by atoms with Crippen molar-refractivity contribution < 1.29 is 61.9 Å². The van der Waals surface area contributed by atoms with Crippen LogP contribution in [0.5, 0.6) is 5.75 Å². The van der Waals surface area contributed by atoms with Gasteiger partial charge in [0.15, 0.2) is 0 Å². The monoisotopic (exact) mass is 797 g/mol. The second-order valence-corrected chi connectivity index (χ2v) is 14.1. The molecule has 1 aromatic rings. The molecule has 3 N–H and O–H groups in total. The summed E-state index contributed by atoms with van der Waals surface area (Å²) in [5.74, 6) is 0.888. The van der Waals surface area contributed by atoms with E-state index in [4.69, 9.17) is 52.8 Å². The Kier molecular flexibility index (Phi) is 42.0. The minimum absolute atomic E-state index is 0.0319. The third-order valence-corrected chi connectivity index (χ3v) is 8.48. The fourth-order valence-corrected chi connectivity index (χ4v) is 5.35. The van der Waals surface area contributed by atoms with E-state index in [1.165, 1.54) is 76.2 Å². The molecule has 0 fully saturated rings. The minimum atomic E-state index is -4.23. The van der Waals surface area contributed by atoms with Crippen LogP contribution in [0.2, 0.25) is 0 Å². The van der Waals surface area contributed by atoms with E-state index >= 15 is 0 Å². The van der Waals surface area contributed by atoms with Crippen molar-refractivity contribution in [2.45, 2.75) is 110 Å². The van der Waals surface area contributed by atoms with Crippen LogP contribution in [0, 0.1) is 0 Å². The number of phosphoric acid groups is 1. The highest BCUT2D eigenvalue weighted by atomic mass is 31.2. The summed E-state index contributed by atoms with van der Waals surface area (Å²) in [5.41, 5.74) is 1.38. The Morgan fingerprint density at radius 1 is 0.444 bits per heavy atom. The fourth-order valence-electron chi connectivity index (χ4n) is 4.99. The van der Waals surface area contributed by atoms with Gasteiger partial charge in [0.1, 0.15) is 12.4 Å². The number of hydrogen-bond acceptors (Lipinski definition) is 11. The molecule has 0 aliphatic heterocycles. The van der Waals surface area contributed by atoms with Crippen LogP contribution < -0.4 is 4.74 Å². The van der Waals surface area contributed by atoms with E-state index in [-0.39, 0.29) is 13.2 Å². The highest BCUT2D eigenvalue weighted by molar-refractivity contribution is 7.46. The number of aryl methyl sites for hydroxylation is 1. The van der Waals surface area contributed by atoms with Gasteiger partial charge in [-0.1, -0.05) is 103 Å². The Morgan fingerprint density at radius 2 is 0.796 bits per heavy atom. The number of aliphatic hydroxyl groups excluding tert-OH is 1. The van der Waals surface area contributed by atoms with Gasteiger partial charge < -0.3 is 52.8 Å². The van der Waals surface area contributed by atoms with Crippen LogP contribution in [-0.2, 0) is 48.7 Å². The fraction of sp³-hybridized carbons (Fsp3) is 0.850. The van der Waals surface area contributed by atoms with Gasteiger partial charge in [-0.25, -0.2) is 4.57 Å². The quantitative estimate of drug-likeness (QED) is 0.0447. The predicted octanol–water partition coefficient (Wildman–Crippen LogP) is 7.31. The molecule has 0 saturated carbocycles. The largest absolute Gasteiger partial charge is 0.491 e. The van der Waals surface area contributed by atoms with Gasteiger partial charge in [-0.3, -0.25) is 4.52 Å². The van der Waals surface area contributed by atoms with E-state index < -0.39 is 7.82 Å². The molecule has 0 aliphatic carbocycles. The number of aliphatic hydroxyl groups is 1. The first-order valence-corrected chi connectivity index (χ1v) is 22.0. The molecule has 0 saturated heterocycles. The first kappa shape index (κ1) is 52.8. The van der Waals surface area contributed by atoms with Crippen molar-refractivity contribution in [3.63, 3.8) is 0 Å². The molecule has 0 unspecified atom stereocenters. The summed E-state index contributed by atoms with van der Waals surface area (Å²) in [5, 5.41) is 8.58. The van der Waals surface area contributed by atoms with Crippen molar-refractivity contribution in [3.8, 4) is 5.75 Å². The molecule has 0 aromatic heterocycles. The molecule has 0 radical (unpaired) electrons. The molecule has 0 atom stereocenters. The highest BCUT2D eigenvalue weighted by Gasteiger charge is 2.12. The summed E-state index contributed by atoms with van der Waals surface area (Å²) >= 11 is 0. The summed E-state index contributed by atoms with van der Waals surface area (Å²) < 4.78 is 58.2. The van der Waals surface area contributed by atoms with Crippen LogP contribution in [0.3, 0.4) is 0 Å². The molecule has 54 heavy (non-hydrogen) atoms. The smallest absolute Gasteiger partial charge is 0.469 e. The lowest BCUT2D eigenvalue weighted by Crippen LogP contribution is -2.15. The standard InChI is InChI=1S/C31H56O9.C9H21O4P/c1-2-3-4-5-6-7-8-9-30-10-12-31(13-11-30)40-29-28-39-27-26-38-25-24-37-23-22-36-21-20-35-19-18-34-17-16-33-15-14-32;1-2-3-4-5-6-7-8-9-13-14(10,11)12/h10-13,32H,2-9,14-29H2,1H3;2-9H2,1H3,(H2,10,11,12). The molecule has 0 aliphatic rings. The Balaban J connectivity index is 0.00000169. The average molecular weight is 797 g/mol. The van der Waals surface area contributed by atoms with Gasteiger partial charge in [0, 0.05) is 0 Å². The molecule has 0 spiro atoms. The van der Waals surface area contributed by atoms with Crippen molar-refractivity contribution in [1.29, 1.82) is 0 Å². The van der Waals surface area contributed by atoms with Gasteiger partial charge in [-0.05, 0) is 37.0 Å². The lowest BCUT2D eigenvalue weighted by molar-refractivity contribution is -0.0221. The van der Waals surface area contributed by atoms with Gasteiger partial charge in [0.2, 0.25) is 0 Å². The van der Waals surface area contributed by atoms with Crippen LogP contribution in [0.1, 0.15) is 109 Å². The van der Waals surface area contributed by atoms with E-state index in [0.717, 1.165) is 31.4 Å². The maximum absolute atomic E-state index is 10.3. The van der Waals surface area contributed by atoms with E-state index in [9.17, 15) is 4.57 Å². The number of ether oxygens (including phenoxy) is 8. The van der Waals surface area contributed by atoms with E-state index in [2.05, 4.69) is 42.6 Å². The summed E-state index contributed by atoms with van der Waals surface area (Å²) in [4.78, 5) is 16.8. The third kappa shape index (κ3) is 43.5. The molecule has 1 aromatic carbocycles. The summed E-state index contributed by atoms with van der Waals surface area (Å²) in [6.45, 7) is 12.2. The second-order valence-electron chi connectivity index (χ2n) is 12.8. The maximum atomic E-state index is 10.3. The van der Waals surface area contributed by atoms with Crippen molar-refractivity contribution in [2.24, 2.45) is 0 Å². The zero-order valence-corrected chi connectivity index (χ0v) is 34.7. The minimum Gasteiger partial charge on any atom is -0.491 e. The molecule has 13 nitrogen and oxygen atoms in total. The van der Waals surface area contributed by atoms with Crippen LogP contribution in [0.25, 0.3) is 0 Å². The zero-order valence-electron chi connectivity index (χ0n) is 33.8. The van der Waals surface area contributed by atoms with Crippen LogP contribution in [-0.4, -0.2) is 127 Å². The van der Waals surface area contributed by atoms with Gasteiger partial charge in [0.25, 0.3) is 0 Å². The van der Waals surface area contributed by atoms with Crippen molar-refractivity contribution in [1.82, 2.24) is 0 Å². The summed E-state index contributed by atoms with van der Waals surface area (Å²) in [6.07, 6.45) is 18.4. The van der Waals surface area contributed by atoms with Crippen LogP contribution in [0.15, 0.2) is 24.3 Å². The maximum Gasteiger partial charge on any atom is 0.469 e. The van der Waals surface area contributed by atoms with Crippen molar-refractivity contribution in [3.05, 3.63) is 29.8 Å².